The van der Waals surface area contributed by atoms with E-state index in [0.29, 0.717) is 13.1 Å². The molecule has 0 radical (unpaired) electrons. The number of methoxy groups -OCH3 is 1. The van der Waals surface area contributed by atoms with Gasteiger partial charge in [0.2, 0.25) is 5.91 Å². The highest BCUT2D eigenvalue weighted by molar-refractivity contribution is 5.83. The van der Waals surface area contributed by atoms with E-state index >= 15 is 0 Å². The molecule has 0 aromatic rings. The van der Waals surface area contributed by atoms with Crippen molar-refractivity contribution < 1.29 is 14.3 Å². The van der Waals surface area contributed by atoms with Crippen LogP contribution in [0.25, 0.3) is 0 Å². The van der Waals surface area contributed by atoms with Crippen LogP contribution in [0, 0.1) is 5.41 Å². The molecule has 0 aromatic heterocycles. The highest BCUT2D eigenvalue weighted by Gasteiger charge is 2.39. The summed E-state index contributed by atoms with van der Waals surface area (Å²) in [6, 6.07) is 0. The van der Waals surface area contributed by atoms with E-state index in [9.17, 15) is 9.59 Å². The van der Waals surface area contributed by atoms with Gasteiger partial charge in [0.05, 0.1) is 18.9 Å². The smallest absolute Gasteiger partial charge is 0.307 e. The number of amides is 1. The maximum atomic E-state index is 11.9. The van der Waals surface area contributed by atoms with Gasteiger partial charge < -0.3 is 15.8 Å². The Kier molecular flexibility index (Phi) is 4.73. The van der Waals surface area contributed by atoms with Crippen molar-refractivity contribution in [3.63, 3.8) is 0 Å². The molecule has 5 heteroatoms. The third kappa shape index (κ3) is 2.95. The van der Waals surface area contributed by atoms with E-state index in [1.807, 2.05) is 0 Å². The third-order valence-corrected chi connectivity index (χ3v) is 3.28. The number of carbonyl (C=O) groups excluding carboxylic acids is 2. The molecule has 0 aromatic carbocycles. The number of nitrogens with one attached hydrogen (secondary N) is 1. The quantitative estimate of drug-likeness (QED) is 0.658. The van der Waals surface area contributed by atoms with Crippen LogP contribution in [0.15, 0.2) is 0 Å². The van der Waals surface area contributed by atoms with Gasteiger partial charge in [-0.05, 0) is 12.8 Å². The van der Waals surface area contributed by atoms with Gasteiger partial charge in [-0.25, -0.2) is 0 Å². The fourth-order valence-corrected chi connectivity index (χ4v) is 2.14. The van der Waals surface area contributed by atoms with Gasteiger partial charge >= 0.3 is 5.97 Å². The standard InChI is InChI=1S/C11H20N2O3/c1-16-9(14)4-7-13-10(15)11(8-12)5-2-3-6-11/h2-8,12H2,1H3,(H,13,15). The summed E-state index contributed by atoms with van der Waals surface area (Å²) in [5, 5.41) is 2.76. The van der Waals surface area contributed by atoms with Gasteiger partial charge in [-0.2, -0.15) is 0 Å². The van der Waals surface area contributed by atoms with Crippen molar-refractivity contribution >= 4 is 11.9 Å². The fourth-order valence-electron chi connectivity index (χ4n) is 2.14. The Morgan fingerprint density at radius 3 is 2.50 bits per heavy atom. The molecule has 1 aliphatic carbocycles. The van der Waals surface area contributed by atoms with E-state index in [1.54, 1.807) is 0 Å². The minimum Gasteiger partial charge on any atom is -0.469 e. The summed E-state index contributed by atoms with van der Waals surface area (Å²) in [5.74, 6) is -0.329. The molecule has 0 aliphatic heterocycles. The number of carbonyl (C=O) groups is 2. The summed E-state index contributed by atoms with van der Waals surface area (Å²) in [4.78, 5) is 22.8. The lowest BCUT2D eigenvalue weighted by Crippen LogP contribution is -2.44. The van der Waals surface area contributed by atoms with Gasteiger partial charge in [0.1, 0.15) is 0 Å². The topological polar surface area (TPSA) is 81.4 Å². The van der Waals surface area contributed by atoms with Crippen molar-refractivity contribution in [3.8, 4) is 0 Å². The maximum Gasteiger partial charge on any atom is 0.307 e. The van der Waals surface area contributed by atoms with Crippen molar-refractivity contribution in [2.45, 2.75) is 32.1 Å². The first-order valence-corrected chi connectivity index (χ1v) is 5.70. The Hall–Kier alpha value is -1.10. The van der Waals surface area contributed by atoms with Crippen molar-refractivity contribution in [3.05, 3.63) is 0 Å². The van der Waals surface area contributed by atoms with Crippen molar-refractivity contribution in [2.24, 2.45) is 11.1 Å². The first kappa shape index (κ1) is 13.0. The first-order chi connectivity index (χ1) is 7.64. The molecular formula is C11H20N2O3. The predicted octanol–water partition coefficient (Wildman–Crippen LogP) is 0.185. The Morgan fingerprint density at radius 2 is 2.00 bits per heavy atom. The monoisotopic (exact) mass is 228 g/mol. The Labute approximate surface area is 95.7 Å². The van der Waals surface area contributed by atoms with Gasteiger partial charge in [-0.15, -0.1) is 0 Å². The second kappa shape index (κ2) is 5.84. The number of nitrogens with two attached hydrogens (primary N) is 1. The van der Waals surface area contributed by atoms with Crippen LogP contribution in [0.4, 0.5) is 0 Å². The molecular weight excluding hydrogens is 208 g/mol. The minimum atomic E-state index is -0.393. The second-order valence-corrected chi connectivity index (χ2v) is 4.27. The summed E-state index contributed by atoms with van der Waals surface area (Å²) < 4.78 is 4.49. The molecule has 3 N–H and O–H groups in total. The maximum absolute atomic E-state index is 11.9. The zero-order valence-corrected chi connectivity index (χ0v) is 9.75. The summed E-state index contributed by atoms with van der Waals surface area (Å²) in [5.41, 5.74) is 5.28. The third-order valence-electron chi connectivity index (χ3n) is 3.28. The van der Waals surface area contributed by atoms with E-state index in [2.05, 4.69) is 10.1 Å². The number of hydrogen-bond donors (Lipinski definition) is 2. The van der Waals surface area contributed by atoms with Gasteiger partial charge in [0.25, 0.3) is 0 Å². The minimum absolute atomic E-state index is 0.0172. The van der Waals surface area contributed by atoms with Crippen LogP contribution in [0.2, 0.25) is 0 Å². The molecule has 1 fully saturated rings. The van der Waals surface area contributed by atoms with Crippen molar-refractivity contribution in [1.29, 1.82) is 0 Å². The largest absolute Gasteiger partial charge is 0.469 e. The van der Waals surface area contributed by atoms with Crippen LogP contribution in [0.5, 0.6) is 0 Å². The van der Waals surface area contributed by atoms with Gasteiger partial charge in [-0.1, -0.05) is 12.8 Å². The molecule has 1 saturated carbocycles. The Morgan fingerprint density at radius 1 is 1.38 bits per heavy atom. The van der Waals surface area contributed by atoms with Gasteiger partial charge in [0.15, 0.2) is 0 Å². The van der Waals surface area contributed by atoms with Crippen LogP contribution in [-0.4, -0.2) is 32.1 Å². The molecule has 5 nitrogen and oxygen atoms in total. The molecule has 0 atom stereocenters. The average Bonchev–Trinajstić information content (AvgIpc) is 2.78. The van der Waals surface area contributed by atoms with E-state index < -0.39 is 5.41 Å². The molecule has 1 rings (SSSR count). The molecule has 0 spiro atoms. The van der Waals surface area contributed by atoms with E-state index in [0.717, 1.165) is 25.7 Å². The van der Waals surface area contributed by atoms with Crippen LogP contribution in [0.3, 0.4) is 0 Å². The van der Waals surface area contributed by atoms with E-state index in [-0.39, 0.29) is 18.3 Å². The highest BCUT2D eigenvalue weighted by atomic mass is 16.5. The summed E-state index contributed by atoms with van der Waals surface area (Å²) in [7, 11) is 1.34. The molecule has 0 bridgehead atoms. The molecule has 1 amide bonds. The average molecular weight is 228 g/mol. The van der Waals surface area contributed by atoms with E-state index in [4.69, 9.17) is 5.73 Å². The Bertz CT molecular complexity index is 260. The predicted molar refractivity (Wildman–Crippen MR) is 59.6 cm³/mol. The summed E-state index contributed by atoms with van der Waals surface area (Å²) in [6.07, 6.45) is 4.03. The molecule has 0 heterocycles. The van der Waals surface area contributed by atoms with Crippen LogP contribution in [0.1, 0.15) is 32.1 Å². The van der Waals surface area contributed by atoms with Gasteiger partial charge in [-0.3, -0.25) is 9.59 Å². The molecule has 0 unspecified atom stereocenters. The van der Waals surface area contributed by atoms with Gasteiger partial charge in [0, 0.05) is 13.1 Å². The fraction of sp³-hybridized carbons (Fsp3) is 0.818. The van der Waals surface area contributed by atoms with E-state index in [1.165, 1.54) is 7.11 Å². The lowest BCUT2D eigenvalue weighted by atomic mass is 9.85. The van der Waals surface area contributed by atoms with Crippen LogP contribution in [-0.2, 0) is 14.3 Å². The summed E-state index contributed by atoms with van der Waals surface area (Å²) in [6.45, 7) is 0.713. The molecule has 1 aliphatic rings. The normalized spacial score (nSPS) is 18.1. The zero-order chi connectivity index (χ0) is 12.0. The molecule has 16 heavy (non-hydrogen) atoms. The zero-order valence-electron chi connectivity index (χ0n) is 9.75. The Balaban J connectivity index is 2.36. The first-order valence-electron chi connectivity index (χ1n) is 5.70. The number of hydrogen-bond acceptors (Lipinski definition) is 4. The lowest BCUT2D eigenvalue weighted by Gasteiger charge is -2.25. The van der Waals surface area contributed by atoms with Crippen molar-refractivity contribution in [1.82, 2.24) is 5.32 Å². The van der Waals surface area contributed by atoms with Crippen LogP contribution < -0.4 is 11.1 Å². The number of esters is 1. The van der Waals surface area contributed by atoms with Crippen molar-refractivity contribution in [2.75, 3.05) is 20.2 Å². The summed E-state index contributed by atoms with van der Waals surface area (Å²) >= 11 is 0. The highest BCUT2D eigenvalue weighted by Crippen LogP contribution is 2.37. The molecule has 92 valence electrons. The number of rotatable bonds is 5. The SMILES string of the molecule is COC(=O)CCNC(=O)C1(CN)CCCC1. The molecule has 0 saturated heterocycles. The number of ether oxygens (including phenoxy) is 1. The lowest BCUT2D eigenvalue weighted by molar-refractivity contribution is -0.140. The second-order valence-electron chi connectivity index (χ2n) is 4.27. The van der Waals surface area contributed by atoms with Crippen LogP contribution >= 0.6 is 0 Å².